The molecule has 0 saturated carbocycles. The van der Waals surface area contributed by atoms with Gasteiger partial charge >= 0.3 is 0 Å². The molecular formula is C16H12ClIN2O2. The van der Waals surface area contributed by atoms with Gasteiger partial charge in [-0.3, -0.25) is 9.59 Å². The van der Waals surface area contributed by atoms with Crippen molar-refractivity contribution in [2.75, 3.05) is 5.32 Å². The number of halogens is 2. The van der Waals surface area contributed by atoms with Crippen LogP contribution in [0, 0.1) is 3.57 Å². The summed E-state index contributed by atoms with van der Waals surface area (Å²) in [6.45, 7) is 0. The van der Waals surface area contributed by atoms with E-state index in [9.17, 15) is 9.59 Å². The number of amides is 2. The maximum absolute atomic E-state index is 12.3. The largest absolute Gasteiger partial charge is 0.340 e. The maximum Gasteiger partial charge on any atom is 0.255 e. The number of nitrogens with one attached hydrogen (secondary N) is 2. The lowest BCUT2D eigenvalue weighted by Crippen LogP contribution is -2.42. The Morgan fingerprint density at radius 2 is 1.82 bits per heavy atom. The van der Waals surface area contributed by atoms with Gasteiger partial charge in [-0.05, 0) is 52.4 Å². The summed E-state index contributed by atoms with van der Waals surface area (Å²) in [7, 11) is 0. The van der Waals surface area contributed by atoms with Crippen molar-refractivity contribution in [3.63, 3.8) is 0 Å². The van der Waals surface area contributed by atoms with E-state index in [0.29, 0.717) is 22.7 Å². The minimum Gasteiger partial charge on any atom is -0.340 e. The van der Waals surface area contributed by atoms with E-state index in [1.165, 1.54) is 0 Å². The van der Waals surface area contributed by atoms with Crippen LogP contribution in [0.3, 0.4) is 0 Å². The van der Waals surface area contributed by atoms with Crippen LogP contribution < -0.4 is 10.6 Å². The van der Waals surface area contributed by atoms with E-state index in [1.54, 1.807) is 18.2 Å². The smallest absolute Gasteiger partial charge is 0.255 e. The van der Waals surface area contributed by atoms with E-state index < -0.39 is 6.04 Å². The zero-order valence-corrected chi connectivity index (χ0v) is 14.3. The second-order valence-corrected chi connectivity index (χ2v) is 6.66. The molecule has 4 nitrogen and oxygen atoms in total. The van der Waals surface area contributed by atoms with E-state index in [4.69, 9.17) is 11.6 Å². The first-order chi connectivity index (χ1) is 10.5. The van der Waals surface area contributed by atoms with Crippen LogP contribution in [-0.4, -0.2) is 17.9 Å². The topological polar surface area (TPSA) is 58.2 Å². The second kappa shape index (κ2) is 6.26. The fourth-order valence-electron chi connectivity index (χ4n) is 2.37. The van der Waals surface area contributed by atoms with Gasteiger partial charge in [-0.25, -0.2) is 0 Å². The van der Waals surface area contributed by atoms with Crippen LogP contribution in [-0.2, 0) is 11.2 Å². The van der Waals surface area contributed by atoms with E-state index in [0.717, 1.165) is 9.13 Å². The number of benzene rings is 2. The van der Waals surface area contributed by atoms with Crippen molar-refractivity contribution in [2.24, 2.45) is 0 Å². The lowest BCUT2D eigenvalue weighted by molar-refractivity contribution is -0.117. The molecule has 6 heteroatoms. The van der Waals surface area contributed by atoms with Crippen molar-refractivity contribution in [1.29, 1.82) is 0 Å². The minimum atomic E-state index is -0.629. The predicted molar refractivity (Wildman–Crippen MR) is 94.2 cm³/mol. The normalized spacial score (nSPS) is 17.3. The molecule has 0 spiro atoms. The van der Waals surface area contributed by atoms with Gasteiger partial charge < -0.3 is 10.6 Å². The van der Waals surface area contributed by atoms with Gasteiger partial charge in [0.05, 0.1) is 16.3 Å². The van der Waals surface area contributed by atoms with Crippen molar-refractivity contribution in [1.82, 2.24) is 5.32 Å². The van der Waals surface area contributed by atoms with Crippen LogP contribution in [0.4, 0.5) is 5.69 Å². The molecular weight excluding hydrogens is 415 g/mol. The SMILES string of the molecule is O=C1NC(Cc2ccc(I)cc2)C(=O)Nc2cccc(Cl)c21. The molecule has 112 valence electrons. The summed E-state index contributed by atoms with van der Waals surface area (Å²) in [6, 6.07) is 12.2. The number of anilines is 1. The monoisotopic (exact) mass is 426 g/mol. The van der Waals surface area contributed by atoms with E-state index in [1.807, 2.05) is 24.3 Å². The molecule has 2 aromatic carbocycles. The van der Waals surface area contributed by atoms with E-state index in [-0.39, 0.29) is 11.8 Å². The first kappa shape index (κ1) is 15.3. The Bertz CT molecular complexity index is 746. The van der Waals surface area contributed by atoms with Crippen LogP contribution in [0.5, 0.6) is 0 Å². The molecule has 1 aliphatic heterocycles. The number of fused-ring (bicyclic) bond motifs is 1. The van der Waals surface area contributed by atoms with Crippen molar-refractivity contribution in [2.45, 2.75) is 12.5 Å². The third-order valence-corrected chi connectivity index (χ3v) is 4.51. The summed E-state index contributed by atoms with van der Waals surface area (Å²) >= 11 is 8.29. The molecule has 1 unspecified atom stereocenters. The predicted octanol–water partition coefficient (Wildman–Crippen LogP) is 3.24. The van der Waals surface area contributed by atoms with Crippen LogP contribution in [0.15, 0.2) is 42.5 Å². The Hall–Kier alpha value is -1.60. The van der Waals surface area contributed by atoms with Crippen LogP contribution in [0.1, 0.15) is 15.9 Å². The first-order valence-electron chi connectivity index (χ1n) is 6.69. The van der Waals surface area contributed by atoms with Gasteiger partial charge in [0.1, 0.15) is 6.04 Å². The summed E-state index contributed by atoms with van der Waals surface area (Å²) < 4.78 is 1.12. The molecule has 1 aliphatic rings. The molecule has 2 aromatic rings. The highest BCUT2D eigenvalue weighted by Gasteiger charge is 2.29. The standard InChI is InChI=1S/C16H12ClIN2O2/c17-11-2-1-3-12-14(11)16(22)20-13(15(21)19-12)8-9-4-6-10(18)7-5-9/h1-7,13H,8H2,(H,19,21)(H,20,22). The molecule has 3 rings (SSSR count). The Morgan fingerprint density at radius 1 is 1.09 bits per heavy atom. The average molecular weight is 427 g/mol. The lowest BCUT2D eigenvalue weighted by Gasteiger charge is -2.14. The van der Waals surface area contributed by atoms with Gasteiger partial charge in [-0.2, -0.15) is 0 Å². The minimum absolute atomic E-state index is 0.243. The average Bonchev–Trinajstić information content (AvgIpc) is 2.59. The number of carbonyl (C=O) groups is 2. The number of rotatable bonds is 2. The van der Waals surface area contributed by atoms with E-state index >= 15 is 0 Å². The third-order valence-electron chi connectivity index (χ3n) is 3.47. The summed E-state index contributed by atoms with van der Waals surface area (Å²) in [5, 5.41) is 5.84. The van der Waals surface area contributed by atoms with Gasteiger partial charge in [-0.1, -0.05) is 29.8 Å². The van der Waals surface area contributed by atoms with Crippen LogP contribution in [0.25, 0.3) is 0 Å². The summed E-state index contributed by atoms with van der Waals surface area (Å²) in [6.07, 6.45) is 0.431. The Morgan fingerprint density at radius 3 is 2.55 bits per heavy atom. The number of hydrogen-bond donors (Lipinski definition) is 2. The van der Waals surface area contributed by atoms with Crippen LogP contribution >= 0.6 is 34.2 Å². The Kier molecular flexibility index (Phi) is 4.35. The van der Waals surface area contributed by atoms with Crippen molar-refractivity contribution in [3.8, 4) is 0 Å². The summed E-state index contributed by atoms with van der Waals surface area (Å²) in [5.41, 5.74) is 1.74. The fraction of sp³-hybridized carbons (Fsp3) is 0.125. The Balaban J connectivity index is 1.87. The van der Waals surface area contributed by atoms with E-state index in [2.05, 4.69) is 33.2 Å². The molecule has 22 heavy (non-hydrogen) atoms. The zero-order chi connectivity index (χ0) is 15.7. The highest BCUT2D eigenvalue weighted by molar-refractivity contribution is 14.1. The number of hydrogen-bond acceptors (Lipinski definition) is 2. The fourth-order valence-corrected chi connectivity index (χ4v) is 2.99. The van der Waals surface area contributed by atoms with Crippen molar-refractivity contribution < 1.29 is 9.59 Å². The number of carbonyl (C=O) groups excluding carboxylic acids is 2. The van der Waals surface area contributed by atoms with Gasteiger partial charge in [0, 0.05) is 9.99 Å². The van der Waals surface area contributed by atoms with Gasteiger partial charge in [-0.15, -0.1) is 0 Å². The first-order valence-corrected chi connectivity index (χ1v) is 8.15. The second-order valence-electron chi connectivity index (χ2n) is 5.01. The Labute approximate surface area is 146 Å². The molecule has 0 fully saturated rings. The van der Waals surface area contributed by atoms with Crippen LogP contribution in [0.2, 0.25) is 5.02 Å². The molecule has 2 N–H and O–H groups in total. The quantitative estimate of drug-likeness (QED) is 0.725. The van der Waals surface area contributed by atoms with Gasteiger partial charge in [0.2, 0.25) is 5.91 Å². The third kappa shape index (κ3) is 3.10. The van der Waals surface area contributed by atoms with Crippen molar-refractivity contribution >= 4 is 51.7 Å². The molecule has 1 atom stereocenters. The molecule has 0 radical (unpaired) electrons. The summed E-state index contributed by atoms with van der Waals surface area (Å²) in [5.74, 6) is -0.581. The molecule has 1 heterocycles. The molecule has 0 aliphatic carbocycles. The van der Waals surface area contributed by atoms with Gasteiger partial charge in [0.15, 0.2) is 0 Å². The summed E-state index contributed by atoms with van der Waals surface area (Å²) in [4.78, 5) is 24.7. The molecule has 0 aromatic heterocycles. The van der Waals surface area contributed by atoms with Crippen molar-refractivity contribution in [3.05, 3.63) is 62.2 Å². The maximum atomic E-state index is 12.3. The van der Waals surface area contributed by atoms with Gasteiger partial charge in [0.25, 0.3) is 5.91 Å². The lowest BCUT2D eigenvalue weighted by atomic mass is 10.1. The highest BCUT2D eigenvalue weighted by Crippen LogP contribution is 2.26. The molecule has 2 amide bonds. The zero-order valence-electron chi connectivity index (χ0n) is 11.4. The molecule has 0 bridgehead atoms. The molecule has 0 saturated heterocycles. The highest BCUT2D eigenvalue weighted by atomic mass is 127.